The average Bonchev–Trinajstić information content (AvgIpc) is 2.61. The molecule has 0 fully saturated rings. The summed E-state index contributed by atoms with van der Waals surface area (Å²) in [4.78, 5) is 32.5. The molecule has 0 saturated carbocycles. The summed E-state index contributed by atoms with van der Waals surface area (Å²) in [6.07, 6.45) is 0.802. The lowest BCUT2D eigenvalue weighted by molar-refractivity contribution is -0.656. The summed E-state index contributed by atoms with van der Waals surface area (Å²) in [5, 5.41) is 31.1. The smallest absolute Gasteiger partial charge is 0.358 e. The largest absolute Gasteiger partial charge is 0.462 e. The van der Waals surface area contributed by atoms with E-state index < -0.39 is 33.2 Å². The molecule has 0 unspecified atom stereocenters. The number of hydrogen-bond donors (Lipinski definition) is 0. The normalized spacial score (nSPS) is 9.94. The van der Waals surface area contributed by atoms with Crippen LogP contribution in [0.2, 0.25) is 0 Å². The van der Waals surface area contributed by atoms with Gasteiger partial charge in [-0.05, 0) is 9.85 Å². The molecule has 0 aliphatic carbocycles. The van der Waals surface area contributed by atoms with Crippen LogP contribution in [-0.4, -0.2) is 36.5 Å². The standard InChI is InChI=1S/C5H6N6O6/c1-7(11(16)17)3-8-2-6-4(9(12)13)5(8)10(14)15/h2H,3H2,1H3. The van der Waals surface area contributed by atoms with Crippen molar-refractivity contribution >= 4 is 11.6 Å². The van der Waals surface area contributed by atoms with Gasteiger partial charge in [0, 0.05) is 4.98 Å². The highest BCUT2D eigenvalue weighted by Crippen LogP contribution is 2.24. The molecule has 0 atom stereocenters. The molecule has 1 heterocycles. The van der Waals surface area contributed by atoms with E-state index >= 15 is 0 Å². The van der Waals surface area contributed by atoms with E-state index in [9.17, 15) is 30.3 Å². The van der Waals surface area contributed by atoms with Crippen LogP contribution in [0, 0.1) is 30.3 Å². The maximum atomic E-state index is 10.6. The zero-order chi connectivity index (χ0) is 13.2. The molecule has 12 nitrogen and oxygen atoms in total. The SMILES string of the molecule is CN(Cn1cnc([N+](=O)[O-])c1[N+](=O)[O-])[N+](=O)[O-]. The zero-order valence-corrected chi connectivity index (χ0v) is 8.42. The highest BCUT2D eigenvalue weighted by molar-refractivity contribution is 5.40. The first kappa shape index (κ1) is 12.3. The number of hydrazine groups is 1. The van der Waals surface area contributed by atoms with Gasteiger partial charge in [-0.2, -0.15) is 4.57 Å². The summed E-state index contributed by atoms with van der Waals surface area (Å²) in [7, 11) is 1.07. The molecule has 1 aromatic rings. The van der Waals surface area contributed by atoms with E-state index in [-0.39, 0.29) is 0 Å². The molecule has 0 radical (unpaired) electrons. The van der Waals surface area contributed by atoms with E-state index in [1.807, 2.05) is 0 Å². The monoisotopic (exact) mass is 246 g/mol. The van der Waals surface area contributed by atoms with Gasteiger partial charge in [0.1, 0.15) is 0 Å². The Bertz CT molecular complexity index is 481. The topological polar surface area (TPSA) is 150 Å². The molecule has 12 heteroatoms. The Labute approximate surface area is 92.5 Å². The Hall–Kier alpha value is -2.79. The Balaban J connectivity index is 3.13. The third-order valence-electron chi connectivity index (χ3n) is 1.77. The van der Waals surface area contributed by atoms with Crippen molar-refractivity contribution in [1.82, 2.24) is 14.6 Å². The fraction of sp³-hybridized carbons (Fsp3) is 0.400. The maximum Gasteiger partial charge on any atom is 0.462 e. The minimum atomic E-state index is -1.03. The van der Waals surface area contributed by atoms with Crippen LogP contribution in [-0.2, 0) is 6.67 Å². The minimum absolute atomic E-state index is 0.524. The highest BCUT2D eigenvalue weighted by atomic mass is 16.7. The Kier molecular flexibility index (Phi) is 3.16. The fourth-order valence-corrected chi connectivity index (χ4v) is 1.06. The lowest BCUT2D eigenvalue weighted by Gasteiger charge is -2.05. The molecule has 1 aromatic heterocycles. The van der Waals surface area contributed by atoms with Gasteiger partial charge in [-0.15, -0.1) is 0 Å². The molecular formula is C5H6N6O6. The molecule has 0 saturated heterocycles. The van der Waals surface area contributed by atoms with E-state index in [0.717, 1.165) is 13.4 Å². The molecule has 17 heavy (non-hydrogen) atoms. The van der Waals surface area contributed by atoms with Gasteiger partial charge >= 0.3 is 11.6 Å². The Morgan fingerprint density at radius 3 is 2.29 bits per heavy atom. The van der Waals surface area contributed by atoms with E-state index in [2.05, 4.69) is 4.98 Å². The lowest BCUT2D eigenvalue weighted by Crippen LogP contribution is -2.28. The van der Waals surface area contributed by atoms with Gasteiger partial charge in [0.15, 0.2) is 5.03 Å². The fourth-order valence-electron chi connectivity index (χ4n) is 1.06. The quantitative estimate of drug-likeness (QED) is 0.510. The van der Waals surface area contributed by atoms with Crippen LogP contribution < -0.4 is 0 Å². The molecule has 0 N–H and O–H groups in total. The van der Waals surface area contributed by atoms with Crippen molar-refractivity contribution in [1.29, 1.82) is 0 Å². The second-order valence-electron chi connectivity index (χ2n) is 2.91. The Morgan fingerprint density at radius 1 is 1.29 bits per heavy atom. The van der Waals surface area contributed by atoms with Crippen molar-refractivity contribution in [2.24, 2.45) is 0 Å². The number of nitrogens with zero attached hydrogens (tertiary/aromatic N) is 6. The average molecular weight is 246 g/mol. The van der Waals surface area contributed by atoms with E-state index in [4.69, 9.17) is 0 Å². The van der Waals surface area contributed by atoms with Crippen LogP contribution in [0.15, 0.2) is 6.33 Å². The number of rotatable bonds is 5. The predicted molar refractivity (Wildman–Crippen MR) is 50.3 cm³/mol. The molecule has 0 aliphatic heterocycles. The van der Waals surface area contributed by atoms with E-state index in [0.29, 0.717) is 9.58 Å². The molecule has 0 spiro atoms. The summed E-state index contributed by atoms with van der Waals surface area (Å²) in [5.41, 5.74) is 0. The van der Waals surface area contributed by atoms with Gasteiger partial charge in [-0.25, -0.2) is 10.1 Å². The van der Waals surface area contributed by atoms with Crippen molar-refractivity contribution in [2.45, 2.75) is 6.67 Å². The van der Waals surface area contributed by atoms with Crippen LogP contribution in [0.5, 0.6) is 0 Å². The Morgan fingerprint density at radius 2 is 1.88 bits per heavy atom. The van der Waals surface area contributed by atoms with Gasteiger partial charge in [0.25, 0.3) is 6.33 Å². The molecular weight excluding hydrogens is 240 g/mol. The summed E-state index contributed by atoms with van der Waals surface area (Å²) >= 11 is 0. The van der Waals surface area contributed by atoms with Crippen molar-refractivity contribution < 1.29 is 14.9 Å². The second-order valence-corrected chi connectivity index (χ2v) is 2.91. The molecule has 0 bridgehead atoms. The number of hydrogen-bond acceptors (Lipinski definition) is 7. The molecule has 0 aromatic carbocycles. The van der Waals surface area contributed by atoms with Crippen LogP contribution in [0.1, 0.15) is 0 Å². The lowest BCUT2D eigenvalue weighted by atomic mass is 10.6. The predicted octanol–water partition coefficient (Wildman–Crippen LogP) is -0.220. The molecule has 92 valence electrons. The first-order valence-corrected chi connectivity index (χ1v) is 4.04. The van der Waals surface area contributed by atoms with Crippen molar-refractivity contribution in [3.8, 4) is 0 Å². The number of aromatic nitrogens is 2. The van der Waals surface area contributed by atoms with Crippen molar-refractivity contribution in [3.05, 3.63) is 36.7 Å². The summed E-state index contributed by atoms with van der Waals surface area (Å²) in [6.45, 7) is -0.524. The highest BCUT2D eigenvalue weighted by Gasteiger charge is 2.33. The van der Waals surface area contributed by atoms with Gasteiger partial charge < -0.3 is 20.2 Å². The van der Waals surface area contributed by atoms with Crippen LogP contribution in [0.4, 0.5) is 11.6 Å². The third kappa shape index (κ3) is 2.42. The van der Waals surface area contributed by atoms with Crippen molar-refractivity contribution in [2.75, 3.05) is 7.05 Å². The van der Waals surface area contributed by atoms with E-state index in [1.54, 1.807) is 0 Å². The summed E-state index contributed by atoms with van der Waals surface area (Å²) in [6, 6.07) is 0. The van der Waals surface area contributed by atoms with Crippen molar-refractivity contribution in [3.63, 3.8) is 0 Å². The molecule has 1 rings (SSSR count). The second kappa shape index (κ2) is 4.38. The number of nitro groups is 3. The third-order valence-corrected chi connectivity index (χ3v) is 1.77. The van der Waals surface area contributed by atoms with Gasteiger partial charge in [0.2, 0.25) is 6.67 Å². The minimum Gasteiger partial charge on any atom is -0.358 e. The van der Waals surface area contributed by atoms with Gasteiger partial charge in [-0.1, -0.05) is 5.01 Å². The van der Waals surface area contributed by atoms with E-state index in [1.165, 1.54) is 0 Å². The van der Waals surface area contributed by atoms with Gasteiger partial charge in [0.05, 0.1) is 7.05 Å². The maximum absolute atomic E-state index is 10.6. The van der Waals surface area contributed by atoms with Gasteiger partial charge in [-0.3, -0.25) is 0 Å². The molecule has 0 amide bonds. The van der Waals surface area contributed by atoms with Crippen LogP contribution >= 0.6 is 0 Å². The zero-order valence-electron chi connectivity index (χ0n) is 8.42. The first-order chi connectivity index (χ1) is 7.84. The molecule has 0 aliphatic rings. The van der Waals surface area contributed by atoms with Crippen LogP contribution in [0.3, 0.4) is 0 Å². The summed E-state index contributed by atoms with van der Waals surface area (Å²) in [5.74, 6) is -1.85. The first-order valence-electron chi connectivity index (χ1n) is 4.04. The summed E-state index contributed by atoms with van der Waals surface area (Å²) < 4.78 is 0.709. The number of imidazole rings is 1. The van der Waals surface area contributed by atoms with Crippen LogP contribution in [0.25, 0.3) is 0 Å².